The van der Waals surface area contributed by atoms with E-state index in [0.717, 1.165) is 5.56 Å². The van der Waals surface area contributed by atoms with Crippen molar-refractivity contribution in [2.45, 2.75) is 33.6 Å². The zero-order chi connectivity index (χ0) is 13.4. The van der Waals surface area contributed by atoms with Gasteiger partial charge in [0.15, 0.2) is 0 Å². The maximum absolute atomic E-state index is 9.96. The lowest BCUT2D eigenvalue weighted by Crippen LogP contribution is -2.06. The van der Waals surface area contributed by atoms with Crippen LogP contribution in [0.4, 0.5) is 5.82 Å². The number of aromatic nitrogens is 2. The Balaban J connectivity index is 0.000000304. The van der Waals surface area contributed by atoms with Crippen molar-refractivity contribution in [3.63, 3.8) is 0 Å². The molecule has 5 nitrogen and oxygen atoms in total. The number of carbonyl (C=O) groups is 1. The quantitative estimate of drug-likeness (QED) is 0.785. The summed E-state index contributed by atoms with van der Waals surface area (Å²) in [4.78, 5) is 9.96. The molecule has 0 bridgehead atoms. The third kappa shape index (κ3) is 5.16. The van der Waals surface area contributed by atoms with Crippen LogP contribution >= 0.6 is 0 Å². The number of hydrogen-bond acceptors (Lipinski definition) is 4. The van der Waals surface area contributed by atoms with Gasteiger partial charge in [-0.25, -0.2) is 0 Å². The molecule has 0 fully saturated rings. The standard InChI is InChI=1S/C6H11N3.C6H9NO/c1-4(2)5-3-8-9-6(5)7;1-5(2)6(3-7)4-8/h3-4H,1-2H3,(H3,7,8,9);4-6H,1-2H3. The smallest absolute Gasteiger partial charge is 0.137 e. The summed E-state index contributed by atoms with van der Waals surface area (Å²) in [6, 6.07) is 1.88. The van der Waals surface area contributed by atoms with Crippen LogP contribution in [0.5, 0.6) is 0 Å². The minimum Gasteiger partial charge on any atom is -0.384 e. The number of aldehydes is 1. The molecule has 0 spiro atoms. The molecule has 1 unspecified atom stereocenters. The van der Waals surface area contributed by atoms with E-state index < -0.39 is 5.92 Å². The first-order valence-corrected chi connectivity index (χ1v) is 5.57. The molecule has 1 rings (SSSR count). The zero-order valence-electron chi connectivity index (χ0n) is 10.8. The van der Waals surface area contributed by atoms with E-state index in [4.69, 9.17) is 11.0 Å². The number of carbonyl (C=O) groups excluding carboxylic acids is 1. The minimum absolute atomic E-state index is 0.150. The van der Waals surface area contributed by atoms with E-state index in [1.807, 2.05) is 19.9 Å². The van der Waals surface area contributed by atoms with Gasteiger partial charge in [0.25, 0.3) is 0 Å². The van der Waals surface area contributed by atoms with Crippen molar-refractivity contribution in [3.05, 3.63) is 11.8 Å². The van der Waals surface area contributed by atoms with Crippen LogP contribution in [0.3, 0.4) is 0 Å². The molecule has 1 atom stereocenters. The highest BCUT2D eigenvalue weighted by atomic mass is 16.1. The number of nitrogen functional groups attached to an aromatic ring is 1. The number of nitriles is 1. The molecule has 0 saturated heterocycles. The zero-order valence-corrected chi connectivity index (χ0v) is 10.8. The fourth-order valence-corrected chi connectivity index (χ4v) is 1.10. The Morgan fingerprint density at radius 2 is 2.06 bits per heavy atom. The monoisotopic (exact) mass is 236 g/mol. The molecule has 5 heteroatoms. The van der Waals surface area contributed by atoms with Crippen LogP contribution in [0, 0.1) is 23.2 Å². The first kappa shape index (κ1) is 15.2. The summed E-state index contributed by atoms with van der Waals surface area (Å²) in [5, 5.41) is 14.7. The van der Waals surface area contributed by atoms with Crippen LogP contribution in [0.1, 0.15) is 39.2 Å². The van der Waals surface area contributed by atoms with E-state index in [1.165, 1.54) is 0 Å². The highest BCUT2D eigenvalue weighted by molar-refractivity contribution is 5.57. The summed E-state index contributed by atoms with van der Waals surface area (Å²) in [5.74, 6) is 0.876. The summed E-state index contributed by atoms with van der Waals surface area (Å²) in [6.45, 7) is 7.87. The number of rotatable bonds is 3. The largest absolute Gasteiger partial charge is 0.384 e. The van der Waals surface area contributed by atoms with E-state index in [2.05, 4.69) is 24.0 Å². The van der Waals surface area contributed by atoms with Gasteiger partial charge < -0.3 is 10.5 Å². The SMILES string of the molecule is CC(C)C(C#N)C=O.CC(C)c1cn[nH]c1N. The normalized spacial score (nSPS) is 11.6. The van der Waals surface area contributed by atoms with Crippen LogP contribution in [0.2, 0.25) is 0 Å². The van der Waals surface area contributed by atoms with E-state index in [0.29, 0.717) is 18.0 Å². The molecule has 0 saturated carbocycles. The second-order valence-corrected chi connectivity index (χ2v) is 4.43. The molecule has 0 radical (unpaired) electrons. The first-order valence-electron chi connectivity index (χ1n) is 5.57. The molecule has 0 aliphatic carbocycles. The summed E-state index contributed by atoms with van der Waals surface area (Å²) >= 11 is 0. The average Bonchev–Trinajstić information content (AvgIpc) is 2.66. The molecule has 94 valence electrons. The average molecular weight is 236 g/mol. The van der Waals surface area contributed by atoms with Gasteiger partial charge in [0.05, 0.1) is 12.3 Å². The van der Waals surface area contributed by atoms with Crippen molar-refractivity contribution in [3.8, 4) is 6.07 Å². The summed E-state index contributed by atoms with van der Waals surface area (Å²) in [5.41, 5.74) is 6.62. The van der Waals surface area contributed by atoms with Crippen molar-refractivity contribution >= 4 is 12.1 Å². The van der Waals surface area contributed by atoms with Gasteiger partial charge in [-0.2, -0.15) is 10.4 Å². The van der Waals surface area contributed by atoms with Crippen molar-refractivity contribution < 1.29 is 4.79 Å². The molecular formula is C12H20N4O. The maximum atomic E-state index is 9.96. The Hall–Kier alpha value is -1.83. The predicted octanol–water partition coefficient (Wildman–Crippen LogP) is 2.10. The second kappa shape index (κ2) is 7.44. The van der Waals surface area contributed by atoms with Gasteiger partial charge >= 0.3 is 0 Å². The van der Waals surface area contributed by atoms with Crippen molar-refractivity contribution in [2.24, 2.45) is 11.8 Å². The lowest BCUT2D eigenvalue weighted by atomic mass is 10.00. The fourth-order valence-electron chi connectivity index (χ4n) is 1.10. The molecular weight excluding hydrogens is 216 g/mol. The number of nitrogens with one attached hydrogen (secondary N) is 1. The van der Waals surface area contributed by atoms with Gasteiger partial charge in [0, 0.05) is 5.56 Å². The maximum Gasteiger partial charge on any atom is 0.137 e. The van der Waals surface area contributed by atoms with Crippen molar-refractivity contribution in [2.75, 3.05) is 5.73 Å². The Morgan fingerprint density at radius 3 is 2.18 bits per heavy atom. The minimum atomic E-state index is -0.421. The van der Waals surface area contributed by atoms with Gasteiger partial charge in [0.1, 0.15) is 18.0 Å². The highest BCUT2D eigenvalue weighted by Gasteiger charge is 2.08. The summed E-state index contributed by atoms with van der Waals surface area (Å²) in [7, 11) is 0. The molecule has 0 aliphatic heterocycles. The number of anilines is 1. The van der Waals surface area contributed by atoms with E-state index in [1.54, 1.807) is 6.20 Å². The molecule has 0 amide bonds. The Kier molecular flexibility index (Phi) is 6.64. The van der Waals surface area contributed by atoms with Crippen LogP contribution in [-0.2, 0) is 4.79 Å². The van der Waals surface area contributed by atoms with Crippen LogP contribution < -0.4 is 5.73 Å². The molecule has 1 aromatic rings. The fraction of sp³-hybridized carbons (Fsp3) is 0.583. The van der Waals surface area contributed by atoms with Crippen molar-refractivity contribution in [1.29, 1.82) is 5.26 Å². The Labute approximate surface area is 102 Å². The Morgan fingerprint density at radius 1 is 1.47 bits per heavy atom. The van der Waals surface area contributed by atoms with Gasteiger partial charge in [0.2, 0.25) is 0 Å². The van der Waals surface area contributed by atoms with Gasteiger partial charge in [-0.3, -0.25) is 5.10 Å². The third-order valence-electron chi connectivity index (χ3n) is 2.34. The summed E-state index contributed by atoms with van der Waals surface area (Å²) in [6.07, 6.45) is 2.45. The number of nitrogens with two attached hydrogens (primary N) is 1. The van der Waals surface area contributed by atoms with Crippen LogP contribution in [-0.4, -0.2) is 16.5 Å². The van der Waals surface area contributed by atoms with E-state index in [9.17, 15) is 4.79 Å². The second-order valence-electron chi connectivity index (χ2n) is 4.43. The van der Waals surface area contributed by atoms with Crippen LogP contribution in [0.15, 0.2) is 6.20 Å². The topological polar surface area (TPSA) is 95.6 Å². The van der Waals surface area contributed by atoms with Gasteiger partial charge in [-0.05, 0) is 11.8 Å². The lowest BCUT2D eigenvalue weighted by Gasteiger charge is -2.01. The number of H-pyrrole nitrogens is 1. The molecule has 3 N–H and O–H groups in total. The predicted molar refractivity (Wildman–Crippen MR) is 67.1 cm³/mol. The van der Waals surface area contributed by atoms with Crippen LogP contribution in [0.25, 0.3) is 0 Å². The summed E-state index contributed by atoms with van der Waals surface area (Å²) < 4.78 is 0. The van der Waals surface area contributed by atoms with E-state index in [-0.39, 0.29) is 5.92 Å². The first-order chi connectivity index (χ1) is 7.93. The molecule has 0 aromatic carbocycles. The lowest BCUT2D eigenvalue weighted by molar-refractivity contribution is -0.110. The molecule has 17 heavy (non-hydrogen) atoms. The number of nitrogens with zero attached hydrogens (tertiary/aromatic N) is 2. The Bertz CT molecular complexity index is 376. The number of hydrogen-bond donors (Lipinski definition) is 2. The number of aromatic amines is 1. The third-order valence-corrected chi connectivity index (χ3v) is 2.34. The van der Waals surface area contributed by atoms with Crippen molar-refractivity contribution in [1.82, 2.24) is 10.2 Å². The van der Waals surface area contributed by atoms with Gasteiger partial charge in [-0.1, -0.05) is 27.7 Å². The molecule has 0 aliphatic rings. The van der Waals surface area contributed by atoms with E-state index >= 15 is 0 Å². The van der Waals surface area contributed by atoms with Gasteiger partial charge in [-0.15, -0.1) is 0 Å². The molecule has 1 aromatic heterocycles. The highest BCUT2D eigenvalue weighted by Crippen LogP contribution is 2.17. The molecule has 1 heterocycles.